The van der Waals surface area contributed by atoms with Gasteiger partial charge in [-0.3, -0.25) is 14.2 Å². The molecule has 0 spiro atoms. The molecule has 9 nitrogen and oxygen atoms in total. The van der Waals surface area contributed by atoms with Crippen LogP contribution in [0, 0.1) is 0 Å². The highest BCUT2D eigenvalue weighted by molar-refractivity contribution is 7.45. The molecule has 0 aromatic carbocycles. The molecule has 0 bridgehead atoms. The van der Waals surface area contributed by atoms with E-state index >= 15 is 0 Å². The Bertz CT molecular complexity index is 1520. The Hall–Kier alpha value is -3.07. The minimum atomic E-state index is -4.72. The lowest BCUT2D eigenvalue weighted by Crippen LogP contribution is -2.47. The summed E-state index contributed by atoms with van der Waals surface area (Å²) in [7, 11) is 1.12. The molecule has 0 saturated carbocycles. The third-order valence-electron chi connectivity index (χ3n) is 11.8. The average Bonchev–Trinajstić information content (AvgIpc) is 3.32. The van der Waals surface area contributed by atoms with Gasteiger partial charge in [0.25, 0.3) is 7.82 Å². The van der Waals surface area contributed by atoms with Gasteiger partial charge in [-0.05, 0) is 89.5 Å². The number of hydrogen-bond acceptors (Lipinski definition) is 7. The zero-order chi connectivity index (χ0) is 51.5. The summed E-state index contributed by atoms with van der Waals surface area (Å²) in [5, 5.41) is 2.96. The lowest BCUT2D eigenvalue weighted by atomic mass is 10.0. The van der Waals surface area contributed by atoms with E-state index in [1.165, 1.54) is 77.0 Å². The Balaban J connectivity index is 5.54. The van der Waals surface area contributed by atoms with E-state index in [0.717, 1.165) is 96.3 Å². The summed E-state index contributed by atoms with van der Waals surface area (Å²) in [6, 6.07) is -0.937. The zero-order valence-electron chi connectivity index (χ0n) is 45.7. The normalized spacial score (nSPS) is 14.6. The van der Waals surface area contributed by atoms with E-state index in [-0.39, 0.29) is 31.3 Å². The molecule has 1 amide bonds. The number of hydrogen-bond donors (Lipinski definition) is 1. The van der Waals surface area contributed by atoms with E-state index in [4.69, 9.17) is 13.8 Å². The fraction of sp³-hybridized carbons (Fsp3) is 0.700. The van der Waals surface area contributed by atoms with E-state index in [1.807, 2.05) is 39.4 Å². The molecule has 0 aliphatic rings. The standard InChI is InChI=1S/C60H105N2O7P/c1-7-10-13-16-19-22-25-28-30-32-34-37-40-43-46-49-52-59(63)61-57(56-68-70(65,66)67-55-54-62(4,5)6)58(51-48-45-42-39-36-33-27-24-21-18-15-12-9-3)69-60(64)53-50-47-44-41-38-35-31-29-26-23-20-17-14-11-8-2/h10,13,19-20,22-23,26,28-30,34,37,43,46,48,51,57-58H,7-9,11-12,14-18,21,24-25,27,31-33,35-36,38-42,44-45,47,49-50,52-56H2,1-6H3,(H-,61,63,65,66)/b13-10+,22-19+,23-20+,29-26+,30-28+,37-34+,46-43+,51-48+. The number of nitrogens with one attached hydrogen (secondary N) is 1. The number of phosphoric acid groups is 1. The van der Waals surface area contributed by atoms with Gasteiger partial charge in [0.05, 0.1) is 33.8 Å². The summed E-state index contributed by atoms with van der Waals surface area (Å²) in [5.74, 6) is -0.657. The molecule has 0 fully saturated rings. The van der Waals surface area contributed by atoms with Crippen LogP contribution in [-0.4, -0.2) is 69.4 Å². The van der Waals surface area contributed by atoms with Crippen molar-refractivity contribution >= 4 is 19.7 Å². The molecule has 70 heavy (non-hydrogen) atoms. The molecule has 0 rings (SSSR count). The quantitative estimate of drug-likeness (QED) is 0.0161. The van der Waals surface area contributed by atoms with Crippen molar-refractivity contribution in [3.05, 3.63) is 97.2 Å². The van der Waals surface area contributed by atoms with Crippen LogP contribution in [0.25, 0.3) is 0 Å². The van der Waals surface area contributed by atoms with Gasteiger partial charge < -0.3 is 28.5 Å². The molecule has 0 aromatic heterocycles. The van der Waals surface area contributed by atoms with Gasteiger partial charge in [0.1, 0.15) is 19.3 Å². The van der Waals surface area contributed by atoms with Gasteiger partial charge in [-0.1, -0.05) is 215 Å². The molecule has 0 aromatic rings. The van der Waals surface area contributed by atoms with Crippen LogP contribution in [0.1, 0.15) is 220 Å². The number of esters is 1. The summed E-state index contributed by atoms with van der Waals surface area (Å²) in [5.41, 5.74) is 0. The van der Waals surface area contributed by atoms with Gasteiger partial charge in [-0.2, -0.15) is 0 Å². The van der Waals surface area contributed by atoms with Crippen LogP contribution in [0.4, 0.5) is 0 Å². The number of ether oxygens (including phenoxy) is 1. The van der Waals surface area contributed by atoms with Crippen LogP contribution in [0.2, 0.25) is 0 Å². The lowest BCUT2D eigenvalue weighted by Gasteiger charge is -2.30. The summed E-state index contributed by atoms with van der Waals surface area (Å²) in [6.45, 7) is 6.61. The van der Waals surface area contributed by atoms with E-state index in [2.05, 4.69) is 99.0 Å². The number of amides is 1. The van der Waals surface area contributed by atoms with Crippen LogP contribution >= 0.6 is 7.82 Å². The van der Waals surface area contributed by atoms with Crippen LogP contribution in [-0.2, 0) is 27.9 Å². The Morgan fingerprint density at radius 1 is 0.529 bits per heavy atom. The molecule has 402 valence electrons. The van der Waals surface area contributed by atoms with Crippen LogP contribution < -0.4 is 10.2 Å². The minimum Gasteiger partial charge on any atom is -0.756 e. The molecule has 3 unspecified atom stereocenters. The number of nitrogens with zero attached hydrogens (tertiary/aromatic N) is 1. The number of allylic oxidation sites excluding steroid dienone is 15. The van der Waals surface area contributed by atoms with Gasteiger partial charge in [0.15, 0.2) is 0 Å². The van der Waals surface area contributed by atoms with Gasteiger partial charge in [-0.15, -0.1) is 0 Å². The molecule has 0 saturated heterocycles. The first-order chi connectivity index (χ1) is 33.9. The second kappa shape index (κ2) is 49.5. The Kier molecular flexibility index (Phi) is 47.3. The Labute approximate surface area is 430 Å². The Morgan fingerprint density at radius 2 is 0.971 bits per heavy atom. The number of quaternary nitrogens is 1. The van der Waals surface area contributed by atoms with Crippen LogP contribution in [0.15, 0.2) is 97.2 Å². The van der Waals surface area contributed by atoms with Gasteiger partial charge in [0.2, 0.25) is 5.91 Å². The molecular formula is C60H105N2O7P. The fourth-order valence-corrected chi connectivity index (χ4v) is 8.16. The zero-order valence-corrected chi connectivity index (χ0v) is 46.6. The van der Waals surface area contributed by atoms with Crippen molar-refractivity contribution in [1.82, 2.24) is 5.32 Å². The summed E-state index contributed by atoms with van der Waals surface area (Å²) in [4.78, 5) is 39.8. The van der Waals surface area contributed by atoms with Crippen molar-refractivity contribution in [1.29, 1.82) is 0 Å². The van der Waals surface area contributed by atoms with E-state index in [9.17, 15) is 19.0 Å². The van der Waals surface area contributed by atoms with Crippen molar-refractivity contribution in [2.75, 3.05) is 40.9 Å². The number of unbranched alkanes of at least 4 members (excludes halogenated alkanes) is 20. The van der Waals surface area contributed by atoms with Gasteiger partial charge in [-0.25, -0.2) is 0 Å². The number of rotatable bonds is 49. The van der Waals surface area contributed by atoms with Gasteiger partial charge >= 0.3 is 5.97 Å². The first kappa shape index (κ1) is 66.9. The molecule has 0 aliphatic carbocycles. The number of phosphoric ester groups is 1. The van der Waals surface area contributed by atoms with Crippen molar-refractivity contribution in [2.24, 2.45) is 0 Å². The first-order valence-electron chi connectivity index (χ1n) is 28.1. The largest absolute Gasteiger partial charge is 0.756 e. The monoisotopic (exact) mass is 997 g/mol. The minimum absolute atomic E-state index is 0.0419. The lowest BCUT2D eigenvalue weighted by molar-refractivity contribution is -0.870. The molecule has 1 N–H and O–H groups in total. The maximum atomic E-state index is 13.4. The molecule has 0 aliphatic heterocycles. The van der Waals surface area contributed by atoms with Crippen molar-refractivity contribution in [2.45, 2.75) is 232 Å². The first-order valence-corrected chi connectivity index (χ1v) is 29.5. The third-order valence-corrected chi connectivity index (χ3v) is 12.8. The highest BCUT2D eigenvalue weighted by Gasteiger charge is 2.27. The topological polar surface area (TPSA) is 114 Å². The molecule has 3 atom stereocenters. The molecule has 0 radical (unpaired) electrons. The van der Waals surface area contributed by atoms with Gasteiger partial charge in [0, 0.05) is 12.8 Å². The summed E-state index contributed by atoms with van der Waals surface area (Å²) in [6.07, 6.45) is 65.3. The Morgan fingerprint density at radius 3 is 1.49 bits per heavy atom. The second-order valence-electron chi connectivity index (χ2n) is 19.7. The fourth-order valence-electron chi connectivity index (χ4n) is 7.44. The van der Waals surface area contributed by atoms with Crippen molar-refractivity contribution < 1.29 is 37.3 Å². The van der Waals surface area contributed by atoms with E-state index in [0.29, 0.717) is 23.9 Å². The van der Waals surface area contributed by atoms with E-state index < -0.39 is 26.6 Å². The molecular weight excluding hydrogens is 892 g/mol. The number of likely N-dealkylation sites (N-methyl/N-ethyl adjacent to an activating group) is 1. The maximum Gasteiger partial charge on any atom is 0.306 e. The summed E-state index contributed by atoms with van der Waals surface area (Å²) < 4.78 is 30.1. The van der Waals surface area contributed by atoms with E-state index in [1.54, 1.807) is 6.08 Å². The van der Waals surface area contributed by atoms with Crippen LogP contribution in [0.5, 0.6) is 0 Å². The third kappa shape index (κ3) is 49.9. The maximum absolute atomic E-state index is 13.4. The smallest absolute Gasteiger partial charge is 0.306 e. The van der Waals surface area contributed by atoms with Crippen molar-refractivity contribution in [3.8, 4) is 0 Å². The van der Waals surface area contributed by atoms with Crippen molar-refractivity contribution in [3.63, 3.8) is 0 Å². The second-order valence-corrected chi connectivity index (χ2v) is 21.1. The van der Waals surface area contributed by atoms with Crippen LogP contribution in [0.3, 0.4) is 0 Å². The summed E-state index contributed by atoms with van der Waals surface area (Å²) >= 11 is 0. The number of carbonyl (C=O) groups excluding carboxylic acids is 2. The SMILES string of the molecule is CC/C=C/C/C=C/C/C=C/C/C=C/C/C=C/CCC(=O)NC(COP(=O)([O-])OCC[N+](C)(C)C)C(/C=C/CCCCCCCCCCCCC)OC(=O)CCCCCCCC/C=C/C=C/CCCCC. The molecule has 0 heterocycles. The predicted octanol–water partition coefficient (Wildman–Crippen LogP) is 16.2. The predicted molar refractivity (Wildman–Crippen MR) is 297 cm³/mol. The highest BCUT2D eigenvalue weighted by atomic mass is 31.2. The molecule has 10 heteroatoms. The number of carbonyl (C=O) groups is 2. The average molecular weight is 997 g/mol. The highest BCUT2D eigenvalue weighted by Crippen LogP contribution is 2.38.